The van der Waals surface area contributed by atoms with Crippen LogP contribution in [-0.2, 0) is 6.42 Å². The van der Waals surface area contributed by atoms with E-state index in [0.29, 0.717) is 11.7 Å². The van der Waals surface area contributed by atoms with Gasteiger partial charge in [-0.1, -0.05) is 5.16 Å². The first-order valence-corrected chi connectivity index (χ1v) is 4.00. The van der Waals surface area contributed by atoms with Crippen LogP contribution in [0.3, 0.4) is 0 Å². The minimum absolute atomic E-state index is 0.157. The van der Waals surface area contributed by atoms with E-state index >= 15 is 0 Å². The Hall–Kier alpha value is -2.22. The molecule has 0 fully saturated rings. The Morgan fingerprint density at radius 3 is 3.14 bits per heavy atom. The van der Waals surface area contributed by atoms with Crippen LogP contribution in [0.1, 0.15) is 5.82 Å². The highest BCUT2D eigenvalue weighted by Gasteiger charge is 2.07. The summed E-state index contributed by atoms with van der Waals surface area (Å²) in [7, 11) is 0. The Balaban J connectivity index is 2.31. The second kappa shape index (κ2) is 3.66. The zero-order chi connectivity index (χ0) is 9.80. The summed E-state index contributed by atoms with van der Waals surface area (Å²) in [4.78, 5) is 7.95. The molecule has 68 valence electrons. The normalized spacial score (nSPS) is 9.64. The van der Waals surface area contributed by atoms with Gasteiger partial charge in [-0.3, -0.25) is 4.98 Å². The summed E-state index contributed by atoms with van der Waals surface area (Å²) >= 11 is 0. The maximum Gasteiger partial charge on any atom is 0.259 e. The molecule has 0 radical (unpaired) electrons. The van der Waals surface area contributed by atoms with Crippen molar-refractivity contribution < 1.29 is 4.52 Å². The molecule has 2 aromatic rings. The van der Waals surface area contributed by atoms with Gasteiger partial charge in [-0.15, -0.1) is 0 Å². The molecule has 0 unspecified atom stereocenters. The average Bonchev–Trinajstić information content (AvgIpc) is 2.68. The van der Waals surface area contributed by atoms with Gasteiger partial charge in [-0.05, 0) is 12.1 Å². The number of pyridine rings is 1. The van der Waals surface area contributed by atoms with Gasteiger partial charge in [0.25, 0.3) is 5.89 Å². The van der Waals surface area contributed by atoms with E-state index in [4.69, 9.17) is 9.78 Å². The maximum atomic E-state index is 8.42. The predicted molar refractivity (Wildman–Crippen MR) is 46.8 cm³/mol. The summed E-state index contributed by atoms with van der Waals surface area (Å²) in [5.41, 5.74) is 0.754. The van der Waals surface area contributed by atoms with Crippen LogP contribution < -0.4 is 0 Å². The minimum Gasteiger partial charge on any atom is -0.334 e. The van der Waals surface area contributed by atoms with Crippen LogP contribution in [0, 0.1) is 11.3 Å². The third-order valence-electron chi connectivity index (χ3n) is 1.61. The number of hydrogen-bond acceptors (Lipinski definition) is 5. The maximum absolute atomic E-state index is 8.42. The molecule has 2 aromatic heterocycles. The van der Waals surface area contributed by atoms with Crippen molar-refractivity contribution in [3.05, 3.63) is 30.4 Å². The first kappa shape index (κ1) is 8.38. The summed E-state index contributed by atoms with van der Waals surface area (Å²) in [6.07, 6.45) is 3.45. The van der Waals surface area contributed by atoms with Crippen LogP contribution in [0.15, 0.2) is 29.0 Å². The number of hydrogen-bond donors (Lipinski definition) is 0. The van der Waals surface area contributed by atoms with Gasteiger partial charge in [-0.2, -0.15) is 10.2 Å². The summed E-state index contributed by atoms with van der Waals surface area (Å²) in [5.74, 6) is 0.787. The highest BCUT2D eigenvalue weighted by molar-refractivity contribution is 5.50. The van der Waals surface area contributed by atoms with Gasteiger partial charge in [0, 0.05) is 12.4 Å². The fraction of sp³-hybridized carbons (Fsp3) is 0.111. The number of aromatic nitrogens is 3. The van der Waals surface area contributed by atoms with Crippen LogP contribution in [0.2, 0.25) is 0 Å². The van der Waals surface area contributed by atoms with Crippen LogP contribution in [-0.4, -0.2) is 15.1 Å². The number of rotatable bonds is 2. The van der Waals surface area contributed by atoms with Crippen LogP contribution >= 0.6 is 0 Å². The Morgan fingerprint density at radius 2 is 2.43 bits per heavy atom. The molecule has 5 heteroatoms. The quantitative estimate of drug-likeness (QED) is 0.704. The van der Waals surface area contributed by atoms with Gasteiger partial charge in [0.05, 0.1) is 18.1 Å². The highest BCUT2D eigenvalue weighted by Crippen LogP contribution is 2.14. The lowest BCUT2D eigenvalue weighted by Gasteiger charge is -1.89. The topological polar surface area (TPSA) is 75.6 Å². The Bertz CT molecular complexity index is 457. The van der Waals surface area contributed by atoms with E-state index in [1.165, 1.54) is 0 Å². The van der Waals surface area contributed by atoms with Crippen molar-refractivity contribution >= 4 is 0 Å². The van der Waals surface area contributed by atoms with Gasteiger partial charge in [0.1, 0.15) is 0 Å². The first-order valence-electron chi connectivity index (χ1n) is 4.00. The lowest BCUT2D eigenvalue weighted by atomic mass is 10.3. The Labute approximate surface area is 80.0 Å². The second-order valence-electron chi connectivity index (χ2n) is 2.59. The van der Waals surface area contributed by atoms with Crippen molar-refractivity contribution in [2.45, 2.75) is 6.42 Å². The standard InChI is InChI=1S/C9H6N4O/c10-4-3-8-12-9(14-13-8)7-2-1-5-11-6-7/h1-2,5-6H,3H2. The molecule has 2 heterocycles. The first-order chi connectivity index (χ1) is 6.90. The smallest absolute Gasteiger partial charge is 0.259 e. The van der Waals surface area contributed by atoms with Gasteiger partial charge in [0.15, 0.2) is 5.82 Å². The predicted octanol–water partition coefficient (Wildman–Crippen LogP) is 1.20. The molecule has 0 aromatic carbocycles. The summed E-state index contributed by atoms with van der Waals surface area (Å²) in [6, 6.07) is 5.55. The SMILES string of the molecule is N#CCc1noc(-c2cccnc2)n1. The average molecular weight is 186 g/mol. The van der Waals surface area contributed by atoms with Crippen molar-refractivity contribution in [3.8, 4) is 17.5 Å². The van der Waals surface area contributed by atoms with Crippen molar-refractivity contribution in [3.63, 3.8) is 0 Å². The van der Waals surface area contributed by atoms with E-state index in [9.17, 15) is 0 Å². The second-order valence-corrected chi connectivity index (χ2v) is 2.59. The molecule has 0 aliphatic heterocycles. The molecule has 0 amide bonds. The fourth-order valence-electron chi connectivity index (χ4n) is 1.00. The van der Waals surface area contributed by atoms with Gasteiger partial charge in [-0.25, -0.2) is 0 Å². The summed E-state index contributed by atoms with van der Waals surface area (Å²) in [6.45, 7) is 0. The van der Waals surface area contributed by atoms with E-state index in [1.807, 2.05) is 12.1 Å². The molecule has 0 bridgehead atoms. The molecule has 14 heavy (non-hydrogen) atoms. The van der Waals surface area contributed by atoms with E-state index in [-0.39, 0.29) is 6.42 Å². The van der Waals surface area contributed by atoms with E-state index in [0.717, 1.165) is 5.56 Å². The zero-order valence-corrected chi connectivity index (χ0v) is 7.21. The van der Waals surface area contributed by atoms with Gasteiger partial charge in [0.2, 0.25) is 0 Å². The monoisotopic (exact) mass is 186 g/mol. The van der Waals surface area contributed by atoms with Crippen molar-refractivity contribution in [1.29, 1.82) is 5.26 Å². The van der Waals surface area contributed by atoms with Crippen molar-refractivity contribution in [1.82, 2.24) is 15.1 Å². The molecule has 0 saturated carbocycles. The van der Waals surface area contributed by atoms with Gasteiger partial charge >= 0.3 is 0 Å². The molecule has 2 rings (SSSR count). The highest BCUT2D eigenvalue weighted by atomic mass is 16.5. The van der Waals surface area contributed by atoms with Crippen LogP contribution in [0.25, 0.3) is 11.5 Å². The van der Waals surface area contributed by atoms with E-state index in [2.05, 4.69) is 15.1 Å². The van der Waals surface area contributed by atoms with Crippen LogP contribution in [0.5, 0.6) is 0 Å². The molecule has 5 nitrogen and oxygen atoms in total. The fourth-order valence-corrected chi connectivity index (χ4v) is 1.00. The molecular weight excluding hydrogens is 180 g/mol. The largest absolute Gasteiger partial charge is 0.334 e. The lowest BCUT2D eigenvalue weighted by Crippen LogP contribution is -1.84. The van der Waals surface area contributed by atoms with E-state index < -0.39 is 0 Å². The summed E-state index contributed by atoms with van der Waals surface area (Å²) in [5, 5.41) is 12.1. The third kappa shape index (κ3) is 1.59. The molecule has 0 saturated heterocycles. The molecular formula is C9H6N4O. The molecule has 0 atom stereocenters. The van der Waals surface area contributed by atoms with Crippen molar-refractivity contribution in [2.75, 3.05) is 0 Å². The molecule has 0 aliphatic carbocycles. The van der Waals surface area contributed by atoms with E-state index in [1.54, 1.807) is 18.5 Å². The molecule has 0 spiro atoms. The number of nitrogens with zero attached hydrogens (tertiary/aromatic N) is 4. The third-order valence-corrected chi connectivity index (χ3v) is 1.61. The van der Waals surface area contributed by atoms with Gasteiger partial charge < -0.3 is 4.52 Å². The van der Waals surface area contributed by atoms with Crippen molar-refractivity contribution in [2.24, 2.45) is 0 Å². The Kier molecular flexibility index (Phi) is 2.19. The molecule has 0 aliphatic rings. The van der Waals surface area contributed by atoms with Crippen LogP contribution in [0.4, 0.5) is 0 Å². The number of nitriles is 1. The zero-order valence-electron chi connectivity index (χ0n) is 7.21. The summed E-state index contributed by atoms with van der Waals surface area (Å²) < 4.78 is 4.95. The minimum atomic E-state index is 0.157. The molecule has 0 N–H and O–H groups in total. The Morgan fingerprint density at radius 1 is 1.50 bits per heavy atom. The lowest BCUT2D eigenvalue weighted by molar-refractivity contribution is 0.424.